The molecule has 6 nitrogen and oxygen atoms in total. The highest BCUT2D eigenvalue weighted by molar-refractivity contribution is 5.98. The molecular formula is C29H30N2O4. The SMILES string of the molecule is O=C(CCc1ccccc1)C(COCc1ccccc1)N1C(=O)CNC(=O)[C@@H]1Cc1ccccc1. The molecule has 3 aromatic rings. The molecule has 180 valence electrons. The van der Waals surface area contributed by atoms with E-state index in [2.05, 4.69) is 5.32 Å². The molecule has 1 fully saturated rings. The van der Waals surface area contributed by atoms with Crippen molar-refractivity contribution in [1.29, 1.82) is 0 Å². The molecule has 35 heavy (non-hydrogen) atoms. The number of aryl methyl sites for hydroxylation is 1. The summed E-state index contributed by atoms with van der Waals surface area (Å²) in [6, 6.07) is 27.4. The Morgan fingerprint density at radius 2 is 1.43 bits per heavy atom. The first kappa shape index (κ1) is 24.4. The van der Waals surface area contributed by atoms with Gasteiger partial charge in [0.1, 0.15) is 12.1 Å². The summed E-state index contributed by atoms with van der Waals surface area (Å²) in [4.78, 5) is 41.0. The summed E-state index contributed by atoms with van der Waals surface area (Å²) < 4.78 is 5.94. The standard InChI is InChI=1S/C29H30N2O4/c32-27(17-16-22-10-4-1-5-11-22)26(21-35-20-24-14-8-3-9-15-24)31-25(29(34)30-19-28(31)33)18-23-12-6-2-7-13-23/h1-15,25-26H,16-21H2,(H,30,34)/t25-,26?/m0/s1. The minimum atomic E-state index is -0.838. The largest absolute Gasteiger partial charge is 0.374 e. The molecule has 1 aliphatic heterocycles. The van der Waals surface area contributed by atoms with Gasteiger partial charge in [-0.05, 0) is 23.1 Å². The van der Waals surface area contributed by atoms with Crippen molar-refractivity contribution in [3.05, 3.63) is 108 Å². The Bertz CT molecular complexity index is 1120. The van der Waals surface area contributed by atoms with Gasteiger partial charge < -0.3 is 15.0 Å². The molecule has 0 spiro atoms. The monoisotopic (exact) mass is 470 g/mol. The van der Waals surface area contributed by atoms with Crippen molar-refractivity contribution in [2.75, 3.05) is 13.2 Å². The van der Waals surface area contributed by atoms with E-state index in [-0.39, 0.29) is 37.2 Å². The fourth-order valence-corrected chi connectivity index (χ4v) is 4.36. The summed E-state index contributed by atoms with van der Waals surface area (Å²) in [6.45, 7) is 0.235. The number of nitrogens with one attached hydrogen (secondary N) is 1. The van der Waals surface area contributed by atoms with Crippen LogP contribution in [0.3, 0.4) is 0 Å². The van der Waals surface area contributed by atoms with E-state index in [9.17, 15) is 14.4 Å². The van der Waals surface area contributed by atoms with Crippen molar-refractivity contribution in [2.45, 2.75) is 38.0 Å². The molecular weight excluding hydrogens is 440 g/mol. The lowest BCUT2D eigenvalue weighted by molar-refractivity contribution is -0.153. The number of rotatable bonds is 11. The molecule has 0 saturated carbocycles. The number of hydrogen-bond acceptors (Lipinski definition) is 4. The molecule has 0 bridgehead atoms. The van der Waals surface area contributed by atoms with Gasteiger partial charge in [0.25, 0.3) is 0 Å². The predicted octanol–water partition coefficient (Wildman–Crippen LogP) is 3.34. The van der Waals surface area contributed by atoms with Crippen LogP contribution in [-0.4, -0.2) is 47.7 Å². The average molecular weight is 471 g/mol. The number of benzene rings is 3. The zero-order chi connectivity index (χ0) is 24.5. The van der Waals surface area contributed by atoms with Gasteiger partial charge in [-0.25, -0.2) is 0 Å². The molecule has 6 heteroatoms. The van der Waals surface area contributed by atoms with Crippen LogP contribution in [-0.2, 0) is 38.6 Å². The third kappa shape index (κ3) is 6.64. The number of piperazine rings is 1. The van der Waals surface area contributed by atoms with E-state index in [1.165, 1.54) is 4.90 Å². The van der Waals surface area contributed by atoms with E-state index in [0.29, 0.717) is 19.4 Å². The number of Topliss-reactive ketones (excluding diaryl/α,β-unsaturated/α-hetero) is 1. The fourth-order valence-electron chi connectivity index (χ4n) is 4.36. The topological polar surface area (TPSA) is 75.7 Å². The third-order valence-corrected chi connectivity index (χ3v) is 6.21. The maximum absolute atomic E-state index is 13.5. The molecule has 1 saturated heterocycles. The number of amides is 2. The zero-order valence-electron chi connectivity index (χ0n) is 19.6. The lowest BCUT2D eigenvalue weighted by Crippen LogP contribution is -2.64. The third-order valence-electron chi connectivity index (χ3n) is 6.21. The molecule has 2 atom stereocenters. The maximum Gasteiger partial charge on any atom is 0.243 e. The number of carbonyl (C=O) groups is 3. The summed E-state index contributed by atoms with van der Waals surface area (Å²) in [6.07, 6.45) is 1.15. The second-order valence-corrected chi connectivity index (χ2v) is 8.69. The highest BCUT2D eigenvalue weighted by atomic mass is 16.5. The number of ether oxygens (including phenoxy) is 1. The lowest BCUT2D eigenvalue weighted by atomic mass is 9.96. The van der Waals surface area contributed by atoms with Crippen LogP contribution in [0.5, 0.6) is 0 Å². The predicted molar refractivity (Wildman–Crippen MR) is 133 cm³/mol. The van der Waals surface area contributed by atoms with E-state index in [1.807, 2.05) is 91.0 Å². The van der Waals surface area contributed by atoms with Crippen molar-refractivity contribution >= 4 is 17.6 Å². The minimum Gasteiger partial charge on any atom is -0.374 e. The Hall–Kier alpha value is -3.77. The fraction of sp³-hybridized carbons (Fsp3) is 0.276. The summed E-state index contributed by atoms with van der Waals surface area (Å²) in [7, 11) is 0. The Kier molecular flexibility index (Phi) is 8.41. The summed E-state index contributed by atoms with van der Waals surface area (Å²) in [5.74, 6) is -0.632. The molecule has 2 amide bonds. The quantitative estimate of drug-likeness (QED) is 0.466. The molecule has 3 aromatic carbocycles. The molecule has 1 unspecified atom stereocenters. The summed E-state index contributed by atoms with van der Waals surface area (Å²) in [5.41, 5.74) is 2.95. The molecule has 0 aliphatic carbocycles. The Labute approximate surface area is 205 Å². The zero-order valence-corrected chi connectivity index (χ0v) is 19.6. The second-order valence-electron chi connectivity index (χ2n) is 8.69. The van der Waals surface area contributed by atoms with Gasteiger partial charge >= 0.3 is 0 Å². The second kappa shape index (κ2) is 12.1. The highest BCUT2D eigenvalue weighted by Crippen LogP contribution is 2.19. The van der Waals surface area contributed by atoms with Crippen LogP contribution in [0.2, 0.25) is 0 Å². The van der Waals surface area contributed by atoms with Gasteiger partial charge in [0, 0.05) is 12.8 Å². The van der Waals surface area contributed by atoms with Crippen LogP contribution in [0.1, 0.15) is 23.1 Å². The first-order valence-corrected chi connectivity index (χ1v) is 11.9. The lowest BCUT2D eigenvalue weighted by Gasteiger charge is -2.39. The molecule has 1 aliphatic rings. The Morgan fingerprint density at radius 1 is 0.857 bits per heavy atom. The van der Waals surface area contributed by atoms with Gasteiger partial charge in [0.2, 0.25) is 11.8 Å². The molecule has 0 aromatic heterocycles. The van der Waals surface area contributed by atoms with Crippen LogP contribution in [0.25, 0.3) is 0 Å². The molecule has 0 radical (unpaired) electrons. The van der Waals surface area contributed by atoms with E-state index >= 15 is 0 Å². The summed E-state index contributed by atoms with van der Waals surface area (Å²) in [5, 5.41) is 2.68. The minimum absolute atomic E-state index is 0.0346. The average Bonchev–Trinajstić information content (AvgIpc) is 2.90. The van der Waals surface area contributed by atoms with E-state index in [1.54, 1.807) is 0 Å². The van der Waals surface area contributed by atoms with Crippen molar-refractivity contribution < 1.29 is 19.1 Å². The number of hydrogen-bond donors (Lipinski definition) is 1. The van der Waals surface area contributed by atoms with Crippen molar-refractivity contribution in [3.63, 3.8) is 0 Å². The van der Waals surface area contributed by atoms with Crippen LogP contribution in [0.15, 0.2) is 91.0 Å². The van der Waals surface area contributed by atoms with Crippen LogP contribution in [0, 0.1) is 0 Å². The Morgan fingerprint density at radius 3 is 2.06 bits per heavy atom. The van der Waals surface area contributed by atoms with Crippen LogP contribution < -0.4 is 5.32 Å². The van der Waals surface area contributed by atoms with Crippen LogP contribution in [0.4, 0.5) is 0 Å². The normalized spacial score (nSPS) is 16.6. The number of carbonyl (C=O) groups excluding carboxylic acids is 3. The first-order valence-electron chi connectivity index (χ1n) is 11.9. The van der Waals surface area contributed by atoms with Gasteiger partial charge in [-0.1, -0.05) is 91.0 Å². The smallest absolute Gasteiger partial charge is 0.243 e. The number of ketones is 1. The highest BCUT2D eigenvalue weighted by Gasteiger charge is 2.41. The van der Waals surface area contributed by atoms with E-state index in [4.69, 9.17) is 4.74 Å². The van der Waals surface area contributed by atoms with E-state index < -0.39 is 12.1 Å². The van der Waals surface area contributed by atoms with Crippen molar-refractivity contribution in [3.8, 4) is 0 Å². The van der Waals surface area contributed by atoms with Gasteiger partial charge in [-0.15, -0.1) is 0 Å². The van der Waals surface area contributed by atoms with Gasteiger partial charge in [0.15, 0.2) is 5.78 Å². The van der Waals surface area contributed by atoms with Gasteiger partial charge in [-0.3, -0.25) is 14.4 Å². The van der Waals surface area contributed by atoms with Gasteiger partial charge in [0.05, 0.1) is 19.8 Å². The van der Waals surface area contributed by atoms with Crippen molar-refractivity contribution in [2.24, 2.45) is 0 Å². The van der Waals surface area contributed by atoms with Crippen LogP contribution >= 0.6 is 0 Å². The number of nitrogens with zero attached hydrogens (tertiary/aromatic N) is 1. The van der Waals surface area contributed by atoms with Gasteiger partial charge in [-0.2, -0.15) is 0 Å². The summed E-state index contributed by atoms with van der Waals surface area (Å²) >= 11 is 0. The Balaban J connectivity index is 1.54. The molecule has 4 rings (SSSR count). The van der Waals surface area contributed by atoms with Crippen molar-refractivity contribution in [1.82, 2.24) is 10.2 Å². The first-order chi connectivity index (χ1) is 17.1. The van der Waals surface area contributed by atoms with E-state index in [0.717, 1.165) is 16.7 Å². The molecule has 1 N–H and O–H groups in total. The molecule has 1 heterocycles. The maximum atomic E-state index is 13.5.